The zero-order valence-corrected chi connectivity index (χ0v) is 9.88. The Kier molecular flexibility index (Phi) is 9.64. The minimum Gasteiger partial charge on any atom is -0.383 e. The molecule has 0 aliphatic heterocycles. The minimum atomic E-state index is -0.631. The third kappa shape index (κ3) is 8.19. The Labute approximate surface area is 95.7 Å². The first-order chi connectivity index (χ1) is 7.72. The molecule has 0 saturated heterocycles. The Morgan fingerprint density at radius 2 is 1.69 bits per heavy atom. The summed E-state index contributed by atoms with van der Waals surface area (Å²) in [6.07, 6.45) is 0.699. The maximum atomic E-state index is 11.2. The molecule has 0 heterocycles. The third-order valence-electron chi connectivity index (χ3n) is 1.75. The molecule has 0 aliphatic carbocycles. The van der Waals surface area contributed by atoms with Crippen molar-refractivity contribution in [3.8, 4) is 0 Å². The number of carbonyl (C=O) groups excluding carboxylic acids is 2. The molecule has 0 rings (SSSR count). The van der Waals surface area contributed by atoms with Crippen LogP contribution in [0.25, 0.3) is 0 Å². The molecule has 6 heteroatoms. The van der Waals surface area contributed by atoms with Crippen LogP contribution in [0, 0.1) is 0 Å². The molecule has 0 aliphatic rings. The summed E-state index contributed by atoms with van der Waals surface area (Å²) >= 11 is 0. The molecule has 0 saturated carbocycles. The van der Waals surface area contributed by atoms with Crippen LogP contribution in [0.5, 0.6) is 0 Å². The van der Waals surface area contributed by atoms with Crippen LogP contribution in [0.1, 0.15) is 13.3 Å². The molecule has 0 spiro atoms. The Morgan fingerprint density at radius 3 is 2.25 bits per heavy atom. The first-order valence-electron chi connectivity index (χ1n) is 5.35. The van der Waals surface area contributed by atoms with E-state index in [1.165, 1.54) is 7.11 Å². The van der Waals surface area contributed by atoms with Gasteiger partial charge in [-0.05, 0) is 13.3 Å². The zero-order valence-electron chi connectivity index (χ0n) is 9.88. The second-order valence-electron chi connectivity index (χ2n) is 3.06. The zero-order chi connectivity index (χ0) is 12.2. The molecular weight excluding hydrogens is 212 g/mol. The van der Waals surface area contributed by atoms with E-state index in [9.17, 15) is 9.59 Å². The van der Waals surface area contributed by atoms with Crippen molar-refractivity contribution < 1.29 is 19.1 Å². The van der Waals surface area contributed by atoms with Gasteiger partial charge in [0, 0.05) is 33.4 Å². The molecule has 16 heavy (non-hydrogen) atoms. The molecule has 0 aromatic rings. The van der Waals surface area contributed by atoms with Crippen LogP contribution in [-0.4, -0.2) is 51.8 Å². The van der Waals surface area contributed by atoms with Gasteiger partial charge in [0.15, 0.2) is 0 Å². The van der Waals surface area contributed by atoms with Crippen LogP contribution in [0.3, 0.4) is 0 Å². The van der Waals surface area contributed by atoms with E-state index in [1.807, 2.05) is 6.92 Å². The van der Waals surface area contributed by atoms with Crippen molar-refractivity contribution >= 4 is 11.8 Å². The molecule has 0 atom stereocenters. The molecular formula is C10H20N2O4. The molecule has 0 bridgehead atoms. The highest BCUT2D eigenvalue weighted by molar-refractivity contribution is 6.35. The van der Waals surface area contributed by atoms with Gasteiger partial charge in [-0.3, -0.25) is 9.59 Å². The average Bonchev–Trinajstić information content (AvgIpc) is 2.28. The van der Waals surface area contributed by atoms with Gasteiger partial charge in [0.1, 0.15) is 0 Å². The first kappa shape index (κ1) is 14.9. The number of rotatable bonds is 8. The van der Waals surface area contributed by atoms with Crippen molar-refractivity contribution in [3.05, 3.63) is 0 Å². The second-order valence-corrected chi connectivity index (χ2v) is 3.06. The van der Waals surface area contributed by atoms with Crippen molar-refractivity contribution in [1.29, 1.82) is 0 Å². The first-order valence-corrected chi connectivity index (χ1v) is 5.35. The third-order valence-corrected chi connectivity index (χ3v) is 1.75. The van der Waals surface area contributed by atoms with Gasteiger partial charge < -0.3 is 20.1 Å². The van der Waals surface area contributed by atoms with E-state index >= 15 is 0 Å². The molecule has 6 nitrogen and oxygen atoms in total. The summed E-state index contributed by atoms with van der Waals surface area (Å²) in [6, 6.07) is 0. The van der Waals surface area contributed by atoms with Gasteiger partial charge in [-0.2, -0.15) is 0 Å². The number of carbonyl (C=O) groups is 2. The Hall–Kier alpha value is -1.14. The summed E-state index contributed by atoms with van der Waals surface area (Å²) in [5.41, 5.74) is 0. The summed E-state index contributed by atoms with van der Waals surface area (Å²) < 4.78 is 9.82. The number of ether oxygens (including phenoxy) is 2. The lowest BCUT2D eigenvalue weighted by molar-refractivity contribution is -0.139. The number of amides is 2. The van der Waals surface area contributed by atoms with Crippen LogP contribution in [-0.2, 0) is 19.1 Å². The summed E-state index contributed by atoms with van der Waals surface area (Å²) in [6.45, 7) is 4.32. The van der Waals surface area contributed by atoms with Crippen molar-refractivity contribution in [3.63, 3.8) is 0 Å². The molecule has 0 aromatic heterocycles. The number of nitrogens with one attached hydrogen (secondary N) is 2. The normalized spacial score (nSPS) is 9.88. The molecule has 2 amide bonds. The summed E-state index contributed by atoms with van der Waals surface area (Å²) in [5, 5.41) is 4.92. The lowest BCUT2D eigenvalue weighted by Gasteiger charge is -2.06. The van der Waals surface area contributed by atoms with E-state index in [0.717, 1.165) is 0 Å². The lowest BCUT2D eigenvalue weighted by Crippen LogP contribution is -2.41. The van der Waals surface area contributed by atoms with E-state index in [4.69, 9.17) is 9.47 Å². The maximum absolute atomic E-state index is 11.2. The topological polar surface area (TPSA) is 76.7 Å². The number of methoxy groups -OCH3 is 1. The molecule has 0 aromatic carbocycles. The van der Waals surface area contributed by atoms with Crippen LogP contribution < -0.4 is 10.6 Å². The second kappa shape index (κ2) is 10.4. The molecule has 0 radical (unpaired) electrons. The van der Waals surface area contributed by atoms with E-state index in [1.54, 1.807) is 0 Å². The van der Waals surface area contributed by atoms with Crippen LogP contribution in [0.2, 0.25) is 0 Å². The Bertz CT molecular complexity index is 209. The fraction of sp³-hybridized carbons (Fsp3) is 0.800. The monoisotopic (exact) mass is 232 g/mol. The van der Waals surface area contributed by atoms with E-state index in [-0.39, 0.29) is 0 Å². The molecule has 2 N–H and O–H groups in total. The summed E-state index contributed by atoms with van der Waals surface area (Å²) in [4.78, 5) is 22.3. The molecule has 0 unspecified atom stereocenters. The summed E-state index contributed by atoms with van der Waals surface area (Å²) in [7, 11) is 1.53. The van der Waals surface area contributed by atoms with Crippen molar-refractivity contribution in [2.45, 2.75) is 13.3 Å². The molecule has 94 valence electrons. The van der Waals surface area contributed by atoms with E-state index in [2.05, 4.69) is 10.6 Å². The van der Waals surface area contributed by atoms with Crippen LogP contribution in [0.4, 0.5) is 0 Å². The van der Waals surface area contributed by atoms with Crippen LogP contribution >= 0.6 is 0 Å². The SMILES string of the molecule is CCOCCCNC(=O)C(=O)NCCOC. The number of hydrogen-bond donors (Lipinski definition) is 2. The van der Waals surface area contributed by atoms with Gasteiger partial charge in [0.2, 0.25) is 0 Å². The maximum Gasteiger partial charge on any atom is 0.309 e. The average molecular weight is 232 g/mol. The van der Waals surface area contributed by atoms with Gasteiger partial charge in [0.25, 0.3) is 0 Å². The van der Waals surface area contributed by atoms with E-state index in [0.29, 0.717) is 39.3 Å². The smallest absolute Gasteiger partial charge is 0.309 e. The van der Waals surface area contributed by atoms with Gasteiger partial charge in [0.05, 0.1) is 6.61 Å². The van der Waals surface area contributed by atoms with Crippen molar-refractivity contribution in [2.75, 3.05) is 40.0 Å². The summed E-state index contributed by atoms with van der Waals surface area (Å²) in [5.74, 6) is -1.25. The Balaban J connectivity index is 3.44. The highest BCUT2D eigenvalue weighted by Crippen LogP contribution is 1.80. The van der Waals surface area contributed by atoms with Gasteiger partial charge in [-0.25, -0.2) is 0 Å². The van der Waals surface area contributed by atoms with Crippen molar-refractivity contribution in [2.24, 2.45) is 0 Å². The Morgan fingerprint density at radius 1 is 1.06 bits per heavy atom. The minimum absolute atomic E-state index is 0.335. The highest BCUT2D eigenvalue weighted by atomic mass is 16.5. The predicted molar refractivity (Wildman–Crippen MR) is 59.0 cm³/mol. The quantitative estimate of drug-likeness (QED) is 0.428. The van der Waals surface area contributed by atoms with Crippen LogP contribution in [0.15, 0.2) is 0 Å². The van der Waals surface area contributed by atoms with Gasteiger partial charge in [-0.1, -0.05) is 0 Å². The lowest BCUT2D eigenvalue weighted by atomic mass is 10.4. The number of hydrogen-bond acceptors (Lipinski definition) is 4. The fourth-order valence-corrected chi connectivity index (χ4v) is 0.948. The van der Waals surface area contributed by atoms with E-state index < -0.39 is 11.8 Å². The highest BCUT2D eigenvalue weighted by Gasteiger charge is 2.11. The standard InChI is InChI=1S/C10H20N2O4/c1-3-16-7-4-5-11-9(13)10(14)12-6-8-15-2/h3-8H2,1-2H3,(H,11,13)(H,12,14). The predicted octanol–water partition coefficient (Wildman–Crippen LogP) is -0.708. The largest absolute Gasteiger partial charge is 0.383 e. The fourth-order valence-electron chi connectivity index (χ4n) is 0.948. The van der Waals surface area contributed by atoms with Crippen molar-refractivity contribution in [1.82, 2.24) is 10.6 Å². The van der Waals surface area contributed by atoms with Gasteiger partial charge >= 0.3 is 11.8 Å². The molecule has 0 fully saturated rings. The van der Waals surface area contributed by atoms with Gasteiger partial charge in [-0.15, -0.1) is 0 Å².